The highest BCUT2D eigenvalue weighted by Crippen LogP contribution is 2.44. The number of para-hydroxylation sites is 1. The van der Waals surface area contributed by atoms with Crippen molar-refractivity contribution in [3.63, 3.8) is 0 Å². The van der Waals surface area contributed by atoms with Crippen molar-refractivity contribution in [3.8, 4) is 51.0 Å². The van der Waals surface area contributed by atoms with E-state index < -0.39 is 0 Å². The highest BCUT2D eigenvalue weighted by atomic mass is 15.1. The molecule has 1 aliphatic carbocycles. The molecule has 64 heavy (non-hydrogen) atoms. The van der Waals surface area contributed by atoms with Gasteiger partial charge in [-0.3, -0.25) is 0 Å². The summed E-state index contributed by atoms with van der Waals surface area (Å²) in [6.07, 6.45) is 3.24. The molecule has 0 saturated carbocycles. The smallest absolute Gasteiger partial charge is 0.166 e. The molecule has 10 aromatic carbocycles. The standard InChI is InChI=1S/C60H38N4/c1-3-17-38(18-4-1)58-61-59(39-19-5-2-6-20-39)63-60(62-58)54-36-51-48-27-13-11-25-46(48)47-26-12-14-28-49(47)52(51)37-57(54)64-55-30-16-15-29-50(55)53-35-40(31-32-56(53)64)43-33-41-21-7-9-23-44(41)45-24-10-8-22-42(45)34-43/h1-33,35-37H,34H2. The van der Waals surface area contributed by atoms with Crippen LogP contribution in [0.2, 0.25) is 0 Å². The molecular weight excluding hydrogens is 777 g/mol. The third-order valence-electron chi connectivity index (χ3n) is 13.1. The summed E-state index contributed by atoms with van der Waals surface area (Å²) in [5.41, 5.74) is 13.7. The summed E-state index contributed by atoms with van der Waals surface area (Å²) in [6, 6.07) is 76.2. The number of aromatic nitrogens is 4. The number of allylic oxidation sites excluding steroid dienone is 1. The second kappa shape index (κ2) is 14.6. The summed E-state index contributed by atoms with van der Waals surface area (Å²) in [5.74, 6) is 1.88. The highest BCUT2D eigenvalue weighted by molar-refractivity contribution is 6.26. The molecule has 0 atom stereocenters. The zero-order valence-corrected chi connectivity index (χ0v) is 34.8. The van der Waals surface area contributed by atoms with Crippen LogP contribution < -0.4 is 0 Å². The lowest BCUT2D eigenvalue weighted by atomic mass is 9.92. The van der Waals surface area contributed by atoms with Gasteiger partial charge >= 0.3 is 0 Å². The van der Waals surface area contributed by atoms with Gasteiger partial charge in [0.25, 0.3) is 0 Å². The van der Waals surface area contributed by atoms with Crippen molar-refractivity contribution in [1.29, 1.82) is 0 Å². The van der Waals surface area contributed by atoms with Crippen LogP contribution in [0.3, 0.4) is 0 Å². The van der Waals surface area contributed by atoms with E-state index in [4.69, 9.17) is 15.0 Å². The zero-order chi connectivity index (χ0) is 42.1. The summed E-state index contributed by atoms with van der Waals surface area (Å²) in [5, 5.41) is 9.56. The van der Waals surface area contributed by atoms with Crippen molar-refractivity contribution in [1.82, 2.24) is 19.5 Å². The number of hydrogen-bond donors (Lipinski definition) is 0. The maximum absolute atomic E-state index is 5.36. The van der Waals surface area contributed by atoms with Gasteiger partial charge in [0.05, 0.1) is 16.7 Å². The summed E-state index contributed by atoms with van der Waals surface area (Å²) in [4.78, 5) is 15.8. The first-order valence-corrected chi connectivity index (χ1v) is 21.9. The molecular formula is C60H38N4. The van der Waals surface area contributed by atoms with Gasteiger partial charge in [-0.2, -0.15) is 0 Å². The zero-order valence-electron chi connectivity index (χ0n) is 34.8. The van der Waals surface area contributed by atoms with Crippen LogP contribution in [0.25, 0.3) is 117 Å². The van der Waals surface area contributed by atoms with Gasteiger partial charge < -0.3 is 4.57 Å². The molecule has 1 aliphatic rings. The molecule has 0 unspecified atom stereocenters. The Labute approximate surface area is 370 Å². The van der Waals surface area contributed by atoms with Gasteiger partial charge in [0.2, 0.25) is 0 Å². The molecule has 0 bridgehead atoms. The highest BCUT2D eigenvalue weighted by Gasteiger charge is 2.23. The topological polar surface area (TPSA) is 43.6 Å². The SMILES string of the molecule is C1=C(c2ccc3c(c2)c2ccccc2n3-c2cc3c4ccccc4c4ccccc4c3cc2-c2nc(-c3ccccc3)nc(-c3ccccc3)n2)Cc2ccccc2-c2ccccc21. The second-order valence-electron chi connectivity index (χ2n) is 16.7. The Morgan fingerprint density at radius 1 is 0.328 bits per heavy atom. The molecule has 2 aromatic heterocycles. The van der Waals surface area contributed by atoms with Gasteiger partial charge in [0.15, 0.2) is 17.5 Å². The third kappa shape index (κ3) is 5.80. The normalized spacial score (nSPS) is 12.4. The maximum Gasteiger partial charge on any atom is 0.166 e. The molecule has 0 fully saturated rings. The number of benzene rings is 10. The lowest BCUT2D eigenvalue weighted by molar-refractivity contribution is 1.07. The number of fused-ring (bicyclic) bond motifs is 12. The van der Waals surface area contributed by atoms with Crippen LogP contribution in [-0.4, -0.2) is 19.5 Å². The Kier molecular flexibility index (Phi) is 8.25. The summed E-state index contributed by atoms with van der Waals surface area (Å²) >= 11 is 0. The van der Waals surface area contributed by atoms with Gasteiger partial charge in [0.1, 0.15) is 0 Å². The van der Waals surface area contributed by atoms with Crippen LogP contribution in [0.15, 0.2) is 212 Å². The minimum Gasteiger partial charge on any atom is -0.308 e. The number of rotatable bonds is 5. The minimum absolute atomic E-state index is 0.616. The largest absolute Gasteiger partial charge is 0.308 e. The first kappa shape index (κ1) is 36.2. The fourth-order valence-electron chi connectivity index (χ4n) is 10.1. The van der Waals surface area contributed by atoms with Crippen molar-refractivity contribution in [3.05, 3.63) is 229 Å². The maximum atomic E-state index is 5.36. The Bertz CT molecular complexity index is 3810. The van der Waals surface area contributed by atoms with Crippen LogP contribution in [-0.2, 0) is 6.42 Å². The van der Waals surface area contributed by atoms with E-state index in [1.807, 2.05) is 36.4 Å². The average molecular weight is 815 g/mol. The van der Waals surface area contributed by atoms with Crippen LogP contribution in [0.5, 0.6) is 0 Å². The van der Waals surface area contributed by atoms with E-state index in [0.29, 0.717) is 17.5 Å². The quantitative estimate of drug-likeness (QED) is 0.163. The molecule has 13 rings (SSSR count). The van der Waals surface area contributed by atoms with Crippen molar-refractivity contribution in [2.45, 2.75) is 6.42 Å². The van der Waals surface area contributed by atoms with Gasteiger partial charge in [-0.15, -0.1) is 0 Å². The predicted molar refractivity (Wildman–Crippen MR) is 266 cm³/mol. The molecule has 0 spiro atoms. The summed E-state index contributed by atoms with van der Waals surface area (Å²) < 4.78 is 2.44. The van der Waals surface area contributed by atoms with Crippen molar-refractivity contribution in [2.75, 3.05) is 0 Å². The molecule has 4 nitrogen and oxygen atoms in total. The number of hydrogen-bond acceptors (Lipinski definition) is 3. The van der Waals surface area contributed by atoms with E-state index in [9.17, 15) is 0 Å². The van der Waals surface area contributed by atoms with Crippen LogP contribution in [0, 0.1) is 0 Å². The van der Waals surface area contributed by atoms with Crippen LogP contribution in [0.1, 0.15) is 16.7 Å². The van der Waals surface area contributed by atoms with E-state index in [1.165, 1.54) is 71.1 Å². The first-order chi connectivity index (χ1) is 31.7. The van der Waals surface area contributed by atoms with E-state index in [-0.39, 0.29) is 0 Å². The average Bonchev–Trinajstić information content (AvgIpc) is 3.59. The van der Waals surface area contributed by atoms with Crippen molar-refractivity contribution < 1.29 is 0 Å². The van der Waals surface area contributed by atoms with E-state index in [2.05, 4.69) is 187 Å². The predicted octanol–water partition coefficient (Wildman–Crippen LogP) is 15.2. The lowest BCUT2D eigenvalue weighted by Crippen LogP contribution is -2.04. The Morgan fingerprint density at radius 3 is 1.53 bits per heavy atom. The fourth-order valence-corrected chi connectivity index (χ4v) is 10.1. The van der Waals surface area contributed by atoms with Gasteiger partial charge in [0, 0.05) is 27.5 Å². The van der Waals surface area contributed by atoms with E-state index >= 15 is 0 Å². The van der Waals surface area contributed by atoms with Crippen molar-refractivity contribution in [2.24, 2.45) is 0 Å². The molecule has 0 radical (unpaired) electrons. The van der Waals surface area contributed by atoms with Gasteiger partial charge in [-0.1, -0.05) is 188 Å². The molecule has 0 amide bonds. The fraction of sp³-hybridized carbons (Fsp3) is 0.0167. The van der Waals surface area contributed by atoms with E-state index in [0.717, 1.165) is 45.2 Å². The monoisotopic (exact) mass is 814 g/mol. The van der Waals surface area contributed by atoms with Crippen LogP contribution in [0.4, 0.5) is 0 Å². The molecule has 298 valence electrons. The third-order valence-corrected chi connectivity index (χ3v) is 13.1. The Morgan fingerprint density at radius 2 is 0.844 bits per heavy atom. The lowest BCUT2D eigenvalue weighted by Gasteiger charge is -2.18. The first-order valence-electron chi connectivity index (χ1n) is 21.9. The summed E-state index contributed by atoms with van der Waals surface area (Å²) in [6.45, 7) is 0. The Balaban J connectivity index is 1.12. The molecule has 0 saturated heterocycles. The van der Waals surface area contributed by atoms with Crippen LogP contribution >= 0.6 is 0 Å². The summed E-state index contributed by atoms with van der Waals surface area (Å²) in [7, 11) is 0. The molecule has 12 aromatic rings. The Hall–Kier alpha value is -8.47. The molecule has 4 heteroatoms. The van der Waals surface area contributed by atoms with Crippen molar-refractivity contribution >= 4 is 65.8 Å². The molecule has 0 N–H and O–H groups in total. The molecule has 2 heterocycles. The molecule has 0 aliphatic heterocycles. The number of nitrogens with zero attached hydrogens (tertiary/aromatic N) is 4. The van der Waals surface area contributed by atoms with Gasteiger partial charge in [-0.25, -0.2) is 15.0 Å². The van der Waals surface area contributed by atoms with E-state index in [1.54, 1.807) is 0 Å². The van der Waals surface area contributed by atoms with Gasteiger partial charge in [-0.05, 0) is 102 Å². The minimum atomic E-state index is 0.616. The second-order valence-corrected chi connectivity index (χ2v) is 16.7.